The molecule has 2 heterocycles. The summed E-state index contributed by atoms with van der Waals surface area (Å²) in [5, 5.41) is 13.8. The minimum absolute atomic E-state index is 0.359. The lowest BCUT2D eigenvalue weighted by molar-refractivity contribution is 0.261. The Hall–Kier alpha value is -1.92. The van der Waals surface area contributed by atoms with Crippen LogP contribution in [-0.2, 0) is 6.42 Å². The lowest BCUT2D eigenvalue weighted by Crippen LogP contribution is -2.36. The van der Waals surface area contributed by atoms with Gasteiger partial charge in [-0.3, -0.25) is 5.10 Å². The summed E-state index contributed by atoms with van der Waals surface area (Å²) >= 11 is 0. The largest absolute Gasteiger partial charge is 0.477 e. The fourth-order valence-electron chi connectivity index (χ4n) is 2.37. The van der Waals surface area contributed by atoms with Crippen LogP contribution < -0.4 is 15.4 Å². The maximum absolute atomic E-state index is 5.63. The van der Waals surface area contributed by atoms with Gasteiger partial charge in [-0.1, -0.05) is 13.8 Å². The second kappa shape index (κ2) is 8.64. The van der Waals surface area contributed by atoms with Crippen molar-refractivity contribution in [3.63, 3.8) is 0 Å². The van der Waals surface area contributed by atoms with E-state index in [4.69, 9.17) is 4.74 Å². The molecule has 6 heteroatoms. The molecule has 0 bridgehead atoms. The van der Waals surface area contributed by atoms with Crippen molar-refractivity contribution in [3.8, 4) is 17.1 Å². The average Bonchev–Trinajstić information content (AvgIpc) is 3.01. The van der Waals surface area contributed by atoms with Gasteiger partial charge in [0.1, 0.15) is 0 Å². The number of hydrogen-bond acceptors (Lipinski definition) is 5. The third kappa shape index (κ3) is 5.04. The van der Waals surface area contributed by atoms with E-state index in [0.717, 1.165) is 24.2 Å². The number of nitrogens with one attached hydrogen (secondary N) is 3. The highest BCUT2D eigenvalue weighted by atomic mass is 16.5. The van der Waals surface area contributed by atoms with E-state index >= 15 is 0 Å². The van der Waals surface area contributed by atoms with Gasteiger partial charge in [-0.15, -0.1) is 0 Å². The van der Waals surface area contributed by atoms with Crippen molar-refractivity contribution in [1.29, 1.82) is 0 Å². The zero-order valence-electron chi connectivity index (χ0n) is 14.4. The van der Waals surface area contributed by atoms with E-state index in [9.17, 15) is 0 Å². The van der Waals surface area contributed by atoms with Gasteiger partial charge in [0.2, 0.25) is 5.88 Å². The smallest absolute Gasteiger partial charge is 0.213 e. The number of pyridine rings is 1. The Morgan fingerprint density at radius 3 is 2.65 bits per heavy atom. The van der Waals surface area contributed by atoms with E-state index in [2.05, 4.69) is 39.7 Å². The molecule has 0 saturated heterocycles. The topological polar surface area (TPSA) is 74.9 Å². The van der Waals surface area contributed by atoms with Crippen LogP contribution in [0.25, 0.3) is 11.3 Å². The highest BCUT2D eigenvalue weighted by molar-refractivity contribution is 5.62. The van der Waals surface area contributed by atoms with Crippen molar-refractivity contribution in [2.45, 2.75) is 26.3 Å². The number of nitrogens with zero attached hydrogens (tertiary/aromatic N) is 2. The molecule has 1 unspecified atom stereocenters. The third-order valence-corrected chi connectivity index (χ3v) is 3.63. The van der Waals surface area contributed by atoms with Crippen molar-refractivity contribution in [2.24, 2.45) is 5.92 Å². The molecule has 0 amide bonds. The van der Waals surface area contributed by atoms with Crippen LogP contribution >= 0.6 is 0 Å². The Morgan fingerprint density at radius 2 is 2.04 bits per heavy atom. The molecule has 2 rings (SSSR count). The van der Waals surface area contributed by atoms with Crippen LogP contribution in [0.15, 0.2) is 24.5 Å². The number of ether oxygens (including phenoxy) is 1. The molecule has 0 radical (unpaired) electrons. The van der Waals surface area contributed by atoms with E-state index in [1.54, 1.807) is 0 Å². The Balaban J connectivity index is 2.08. The van der Waals surface area contributed by atoms with E-state index in [0.29, 0.717) is 24.4 Å². The second-order valence-corrected chi connectivity index (χ2v) is 6.11. The summed E-state index contributed by atoms with van der Waals surface area (Å²) in [7, 11) is 3.94. The summed E-state index contributed by atoms with van der Waals surface area (Å²) in [5.74, 6) is 1.15. The van der Waals surface area contributed by atoms with Crippen LogP contribution in [0.1, 0.15) is 19.4 Å². The summed E-state index contributed by atoms with van der Waals surface area (Å²) in [6, 6.07) is 4.29. The summed E-state index contributed by atoms with van der Waals surface area (Å²) in [6.45, 7) is 5.82. The number of hydrogen-bond donors (Lipinski definition) is 3. The van der Waals surface area contributed by atoms with Gasteiger partial charge in [0.25, 0.3) is 0 Å². The average molecular weight is 317 g/mol. The van der Waals surface area contributed by atoms with Crippen LogP contribution in [0.5, 0.6) is 5.88 Å². The van der Waals surface area contributed by atoms with Gasteiger partial charge in [-0.25, -0.2) is 4.98 Å². The van der Waals surface area contributed by atoms with Gasteiger partial charge in [0, 0.05) is 30.4 Å². The minimum atomic E-state index is 0.359. The molecular weight excluding hydrogens is 290 g/mol. The second-order valence-electron chi connectivity index (χ2n) is 6.11. The molecular formula is C17H27N5O. The molecule has 0 aromatic carbocycles. The summed E-state index contributed by atoms with van der Waals surface area (Å²) in [4.78, 5) is 4.39. The molecule has 0 aliphatic carbocycles. The predicted molar refractivity (Wildman–Crippen MR) is 92.6 cm³/mol. The molecule has 0 aliphatic heterocycles. The van der Waals surface area contributed by atoms with Crippen molar-refractivity contribution in [3.05, 3.63) is 30.1 Å². The SMILES string of the molecule is CNCC(Cc1cn[nH]c1-c1ccc(OCC(C)C)nc1)NC. The van der Waals surface area contributed by atoms with E-state index in [-0.39, 0.29) is 0 Å². The van der Waals surface area contributed by atoms with Gasteiger partial charge in [-0.05, 0) is 38.1 Å². The molecule has 23 heavy (non-hydrogen) atoms. The van der Waals surface area contributed by atoms with E-state index in [1.165, 1.54) is 5.56 Å². The van der Waals surface area contributed by atoms with Gasteiger partial charge in [0.05, 0.1) is 18.5 Å². The van der Waals surface area contributed by atoms with Gasteiger partial charge < -0.3 is 15.4 Å². The fraction of sp³-hybridized carbons (Fsp3) is 0.529. The molecule has 126 valence electrons. The molecule has 1 atom stereocenters. The van der Waals surface area contributed by atoms with Crippen LogP contribution in [0.2, 0.25) is 0 Å². The number of likely N-dealkylation sites (N-methyl/N-ethyl adjacent to an activating group) is 2. The summed E-state index contributed by atoms with van der Waals surface area (Å²) < 4.78 is 5.63. The zero-order chi connectivity index (χ0) is 16.7. The molecule has 0 saturated carbocycles. The highest BCUT2D eigenvalue weighted by Crippen LogP contribution is 2.23. The van der Waals surface area contributed by atoms with Crippen molar-refractivity contribution in [2.75, 3.05) is 27.2 Å². The first-order chi connectivity index (χ1) is 11.1. The highest BCUT2D eigenvalue weighted by Gasteiger charge is 2.13. The molecule has 2 aromatic heterocycles. The standard InChI is InChI=1S/C17H27N5O/c1-12(2)11-23-16-6-5-13(8-20-16)17-14(9-21-22-17)7-15(19-4)10-18-3/h5-6,8-9,12,15,18-19H,7,10-11H2,1-4H3,(H,21,22). The van der Waals surface area contributed by atoms with E-state index in [1.807, 2.05) is 38.6 Å². The molecule has 3 N–H and O–H groups in total. The van der Waals surface area contributed by atoms with Crippen molar-refractivity contribution in [1.82, 2.24) is 25.8 Å². The molecule has 0 aliphatic rings. The van der Waals surface area contributed by atoms with Crippen molar-refractivity contribution >= 4 is 0 Å². The Kier molecular flexibility index (Phi) is 6.55. The minimum Gasteiger partial charge on any atom is -0.477 e. The first kappa shape index (κ1) is 17.4. The normalized spacial score (nSPS) is 12.6. The van der Waals surface area contributed by atoms with Crippen LogP contribution in [0.4, 0.5) is 0 Å². The first-order valence-electron chi connectivity index (χ1n) is 8.07. The molecule has 2 aromatic rings. The van der Waals surface area contributed by atoms with Gasteiger partial charge >= 0.3 is 0 Å². The number of aromatic nitrogens is 3. The van der Waals surface area contributed by atoms with Gasteiger partial charge in [-0.2, -0.15) is 5.10 Å². The number of rotatable bonds is 9. The quantitative estimate of drug-likeness (QED) is 0.658. The maximum Gasteiger partial charge on any atom is 0.213 e. The van der Waals surface area contributed by atoms with Crippen LogP contribution in [-0.4, -0.2) is 48.5 Å². The Morgan fingerprint density at radius 1 is 1.22 bits per heavy atom. The summed E-state index contributed by atoms with van der Waals surface area (Å²) in [6.07, 6.45) is 4.62. The lowest BCUT2D eigenvalue weighted by atomic mass is 10.0. The Bertz CT molecular complexity index is 579. The van der Waals surface area contributed by atoms with Crippen molar-refractivity contribution < 1.29 is 4.74 Å². The third-order valence-electron chi connectivity index (χ3n) is 3.63. The number of H-pyrrole nitrogens is 1. The maximum atomic E-state index is 5.63. The Labute approximate surface area is 138 Å². The predicted octanol–water partition coefficient (Wildman–Crippen LogP) is 1.86. The lowest BCUT2D eigenvalue weighted by Gasteiger charge is -2.15. The van der Waals surface area contributed by atoms with Crippen LogP contribution in [0.3, 0.4) is 0 Å². The molecule has 0 spiro atoms. The fourth-order valence-corrected chi connectivity index (χ4v) is 2.37. The number of aromatic amines is 1. The summed E-state index contributed by atoms with van der Waals surface area (Å²) in [5.41, 5.74) is 3.22. The zero-order valence-corrected chi connectivity index (χ0v) is 14.4. The molecule has 6 nitrogen and oxygen atoms in total. The monoisotopic (exact) mass is 317 g/mol. The van der Waals surface area contributed by atoms with E-state index < -0.39 is 0 Å². The molecule has 0 fully saturated rings. The van der Waals surface area contributed by atoms with Crippen LogP contribution in [0, 0.1) is 5.92 Å². The van der Waals surface area contributed by atoms with Gasteiger partial charge in [0.15, 0.2) is 0 Å². The first-order valence-corrected chi connectivity index (χ1v) is 8.07.